The van der Waals surface area contributed by atoms with Crippen LogP contribution in [-0.4, -0.2) is 232 Å². The zero-order valence-electron chi connectivity index (χ0n) is 58.7. The van der Waals surface area contributed by atoms with Gasteiger partial charge in [0.2, 0.25) is 70.9 Å². The van der Waals surface area contributed by atoms with Crippen molar-refractivity contribution in [2.75, 3.05) is 57.5 Å². The normalized spacial score (nSPS) is 22.4. The summed E-state index contributed by atoms with van der Waals surface area (Å²) in [5.74, 6) is -13.5. The molecule has 4 aliphatic heterocycles. The first-order chi connectivity index (χ1) is 49.5. The molecular formula is C68H94N16O19S. The van der Waals surface area contributed by atoms with Crippen LogP contribution in [-0.2, 0) is 80.1 Å². The molecule has 1 unspecified atom stereocenters. The first-order valence-electron chi connectivity index (χ1n) is 34.5. The highest BCUT2D eigenvalue weighted by atomic mass is 32.2. The molecule has 7 rings (SSSR count). The Bertz CT molecular complexity index is 3700. The molecule has 3 aromatic rings. The number of aliphatic hydroxyl groups is 3. The number of nitrogens with two attached hydrogens (primary N) is 1. The molecule has 16 amide bonds. The average molecular weight is 1470 g/mol. The molecule has 12 atom stereocenters. The molecule has 36 heteroatoms. The van der Waals surface area contributed by atoms with Crippen molar-refractivity contribution in [2.24, 2.45) is 23.5 Å². The van der Waals surface area contributed by atoms with Gasteiger partial charge in [0.25, 0.3) is 11.8 Å². The van der Waals surface area contributed by atoms with Gasteiger partial charge in [0, 0.05) is 86.4 Å². The molecule has 1 aromatic heterocycles. The molecule has 18 N–H and O–H groups in total. The highest BCUT2D eigenvalue weighted by Crippen LogP contribution is 2.34. The number of aromatic amines is 1. The number of nitrogens with zero attached hydrogens (tertiary/aromatic N) is 2. The monoisotopic (exact) mass is 1470 g/mol. The van der Waals surface area contributed by atoms with Gasteiger partial charge in [-0.2, -0.15) is 0 Å². The lowest BCUT2D eigenvalue weighted by Crippen LogP contribution is -2.62. The molecule has 0 spiro atoms. The molecule has 566 valence electrons. The maximum Gasteiger partial charge on any atom is 0.312 e. The van der Waals surface area contributed by atoms with E-state index in [1.807, 2.05) is 0 Å². The maximum atomic E-state index is 15.2. The number of nitrogens with one attached hydrogen (secondary N) is 13. The second-order valence-electron chi connectivity index (χ2n) is 26.4. The molecule has 2 bridgehead atoms. The number of methoxy groups -OCH3 is 1. The number of carbonyl (C=O) groups excluding carboxylic acids is 15. The van der Waals surface area contributed by atoms with Crippen LogP contribution in [0.15, 0.2) is 59.6 Å². The van der Waals surface area contributed by atoms with E-state index in [1.54, 1.807) is 45.9 Å². The quantitative estimate of drug-likeness (QED) is 0.0276. The van der Waals surface area contributed by atoms with E-state index in [-0.39, 0.29) is 61.8 Å². The number of carbonyl (C=O) groups is 15. The van der Waals surface area contributed by atoms with Crippen LogP contribution in [0.4, 0.5) is 10.5 Å². The Morgan fingerprint density at radius 2 is 1.43 bits per heavy atom. The molecule has 0 aliphatic carbocycles. The summed E-state index contributed by atoms with van der Waals surface area (Å²) in [5, 5.41) is 64.4. The number of H-pyrrole nitrogens is 1. The minimum Gasteiger partial charge on any atom is -0.497 e. The fourth-order valence-electron chi connectivity index (χ4n) is 12.1. The predicted molar refractivity (Wildman–Crippen MR) is 374 cm³/mol. The van der Waals surface area contributed by atoms with E-state index in [0.29, 0.717) is 53.5 Å². The van der Waals surface area contributed by atoms with Gasteiger partial charge in [-0.05, 0) is 72.9 Å². The molecule has 5 heterocycles. The fraction of sp³-hybridized carbons (Fsp3) is 0.544. The lowest BCUT2D eigenvalue weighted by molar-refractivity contribution is -0.144. The number of unbranched alkanes of at least 4 members (excludes halogenated alkanes) is 2. The van der Waals surface area contributed by atoms with Crippen LogP contribution in [0, 0.1) is 17.8 Å². The zero-order chi connectivity index (χ0) is 76.1. The Kier molecular flexibility index (Phi) is 29.9. The van der Waals surface area contributed by atoms with Crippen molar-refractivity contribution in [1.29, 1.82) is 0 Å². The molecule has 0 radical (unpaired) electrons. The number of anilines is 1. The van der Waals surface area contributed by atoms with Crippen molar-refractivity contribution >= 4 is 117 Å². The van der Waals surface area contributed by atoms with Crippen molar-refractivity contribution in [2.45, 2.75) is 171 Å². The van der Waals surface area contributed by atoms with Crippen molar-refractivity contribution in [3.05, 3.63) is 65.7 Å². The maximum absolute atomic E-state index is 15.2. The Morgan fingerprint density at radius 1 is 0.740 bits per heavy atom. The van der Waals surface area contributed by atoms with E-state index in [0.717, 1.165) is 21.6 Å². The molecule has 2 aromatic carbocycles. The van der Waals surface area contributed by atoms with Crippen LogP contribution in [0.2, 0.25) is 0 Å². The number of amides is 16. The Hall–Kier alpha value is -10.2. The lowest BCUT2D eigenvalue weighted by atomic mass is 9.93. The van der Waals surface area contributed by atoms with Gasteiger partial charge in [-0.25, -0.2) is 4.79 Å². The minimum absolute atomic E-state index is 0.00393. The summed E-state index contributed by atoms with van der Waals surface area (Å²) < 4.78 is 5.49. The van der Waals surface area contributed by atoms with E-state index >= 15 is 9.59 Å². The number of rotatable bonds is 26. The smallest absolute Gasteiger partial charge is 0.312 e. The van der Waals surface area contributed by atoms with E-state index in [9.17, 15) is 77.6 Å². The SMILES string of the molecule is CC[C@H](C)[C@@H]1NC(=O)CNC(=O)[C@@H]2Cc3c([nH]c4cc(OC)ccc34)SC[C@H](NC(=O)CNC1=O)C(=O)N[C@@H](CC(=O)NCc1ccc(NC(=O)[C@H](CCCNC(N)=O)NC(=O)[C@@H](NC(=O)CCCCCN3C(=O)C=CC3=O)C(C)C)cc1)C(=O)N1C[C@H](O)CC1C(=O)N[C@@H]([C@@H](C)[C@@H](O)CO)C(=O)N2. The molecule has 1 saturated heterocycles. The topological polar surface area (TPSA) is 519 Å². The standard InChI is InChI=1S/C68H94N16O19S/c1-7-35(4)57-63(98)73-29-52(90)75-47-33-104-66-42(41-19-18-40(103-6)25-44(41)79-66)26-45(59(94)72-30-53(91)81-57)77-65(100)58(36(5)49(87)32-85)82-62(97)48-24-39(86)31-84(48)67(101)46(78-61(47)96)27-51(89)71-28-37-14-16-38(17-15-37)74-60(95)43(12-11-22-70-68(69)102)76-64(99)56(34(2)3)80-50(88)13-9-8-10-23-83-54(92)20-21-55(83)93/h14-21,25,34-36,39,43,45-49,56-58,79,85-87H,7-13,22-24,26-33H2,1-6H3,(H,71,89)(H,72,94)(H,73,98)(H,74,95)(H,75,90)(H,76,99)(H,77,100)(H,78,96)(H,80,88)(H,81,91)(H,82,97)(H3,69,70,102)/t35-,36-,39+,43-,45-,46-,47-,48?,49-,56-,57-,58-/m0/s1. The van der Waals surface area contributed by atoms with Crippen LogP contribution in [0.1, 0.15) is 104 Å². The van der Waals surface area contributed by atoms with Gasteiger partial charge in [-0.1, -0.05) is 59.6 Å². The average Bonchev–Trinajstić information content (AvgIpc) is 1.61. The van der Waals surface area contributed by atoms with Crippen LogP contribution in [0.25, 0.3) is 10.9 Å². The van der Waals surface area contributed by atoms with E-state index in [2.05, 4.69) is 68.8 Å². The number of primary amides is 1. The summed E-state index contributed by atoms with van der Waals surface area (Å²) in [6.45, 7) is 5.24. The lowest BCUT2D eigenvalue weighted by Gasteiger charge is -2.33. The van der Waals surface area contributed by atoms with Crippen molar-refractivity contribution in [3.63, 3.8) is 0 Å². The van der Waals surface area contributed by atoms with Crippen molar-refractivity contribution in [1.82, 2.24) is 73.3 Å². The second kappa shape index (κ2) is 38.4. The van der Waals surface area contributed by atoms with Gasteiger partial charge in [0.1, 0.15) is 54.1 Å². The summed E-state index contributed by atoms with van der Waals surface area (Å²) in [6.07, 6.45) is -0.426. The predicted octanol–water partition coefficient (Wildman–Crippen LogP) is -3.30. The molecule has 104 heavy (non-hydrogen) atoms. The Labute approximate surface area is 603 Å². The summed E-state index contributed by atoms with van der Waals surface area (Å²) in [5.41, 5.74) is 6.71. The number of imide groups is 1. The largest absolute Gasteiger partial charge is 0.497 e. The summed E-state index contributed by atoms with van der Waals surface area (Å²) in [6, 6.07) is -1.94. The molecule has 0 saturated carbocycles. The molecule has 35 nitrogen and oxygen atoms in total. The number of hydrogen-bond donors (Lipinski definition) is 17. The Balaban J connectivity index is 1.14. The minimum atomic E-state index is -1.88. The number of ether oxygens (including phenoxy) is 1. The second-order valence-corrected chi connectivity index (χ2v) is 27.4. The molecular weight excluding hydrogens is 1380 g/mol. The zero-order valence-corrected chi connectivity index (χ0v) is 59.5. The van der Waals surface area contributed by atoms with Gasteiger partial charge in [0.15, 0.2) is 0 Å². The van der Waals surface area contributed by atoms with Gasteiger partial charge in [-0.3, -0.25) is 72.0 Å². The highest BCUT2D eigenvalue weighted by Gasteiger charge is 2.45. The third-order valence-electron chi connectivity index (χ3n) is 18.4. The number of hydrogen-bond acceptors (Lipinski definition) is 20. The number of fused-ring (bicyclic) bond motifs is 5. The number of aromatic nitrogens is 1. The first-order valence-corrected chi connectivity index (χ1v) is 35.4. The number of urea groups is 1. The van der Waals surface area contributed by atoms with Crippen molar-refractivity contribution in [3.8, 4) is 5.75 Å². The number of thioether (sulfide) groups is 1. The summed E-state index contributed by atoms with van der Waals surface area (Å²) in [7, 11) is 1.43. The highest BCUT2D eigenvalue weighted by molar-refractivity contribution is 7.99. The molecule has 4 aliphatic rings. The van der Waals surface area contributed by atoms with Gasteiger partial charge >= 0.3 is 6.03 Å². The van der Waals surface area contributed by atoms with Gasteiger partial charge < -0.3 is 99.5 Å². The third kappa shape index (κ3) is 22.6. The van der Waals surface area contributed by atoms with Gasteiger partial charge in [-0.15, -0.1) is 11.8 Å². The first kappa shape index (κ1) is 81.1. The van der Waals surface area contributed by atoms with Crippen LogP contribution >= 0.6 is 11.8 Å². The summed E-state index contributed by atoms with van der Waals surface area (Å²) in [4.78, 5) is 211. The van der Waals surface area contributed by atoms with Crippen molar-refractivity contribution < 1.29 is 92.0 Å². The van der Waals surface area contributed by atoms with Crippen LogP contribution in [0.5, 0.6) is 5.75 Å². The summed E-state index contributed by atoms with van der Waals surface area (Å²) >= 11 is 0.954. The van der Waals surface area contributed by atoms with Gasteiger partial charge in [0.05, 0.1) is 56.0 Å². The van der Waals surface area contributed by atoms with Crippen LogP contribution in [0.3, 0.4) is 0 Å². The fourth-order valence-corrected chi connectivity index (χ4v) is 13.2. The number of benzene rings is 2. The molecule has 1 fully saturated rings. The van der Waals surface area contributed by atoms with E-state index in [1.165, 1.54) is 50.5 Å². The third-order valence-corrected chi connectivity index (χ3v) is 19.5. The van der Waals surface area contributed by atoms with Crippen LogP contribution < -0.4 is 74.3 Å². The van der Waals surface area contributed by atoms with E-state index < -0.39 is 206 Å². The Morgan fingerprint density at radius 3 is 2.10 bits per heavy atom. The van der Waals surface area contributed by atoms with E-state index in [4.69, 9.17) is 10.5 Å². The number of aliphatic hydroxyl groups excluding tert-OH is 3.